The quantitative estimate of drug-likeness (QED) is 0.757. The molecule has 110 valence electrons. The number of aliphatic hydroxyl groups is 1. The van der Waals surface area contributed by atoms with Gasteiger partial charge in [-0.05, 0) is 43.2 Å². The Bertz CT molecular complexity index is 446. The molecule has 0 spiro atoms. The van der Waals surface area contributed by atoms with E-state index in [2.05, 4.69) is 10.6 Å². The second-order valence-corrected chi connectivity index (χ2v) is 6.03. The SMILES string of the molecule is O=C(NCCn1cccc1)NC1C2CCC(C2)C1CO. The fourth-order valence-electron chi connectivity index (χ4n) is 3.92. The first-order chi connectivity index (χ1) is 9.78. The van der Waals surface area contributed by atoms with E-state index in [4.69, 9.17) is 0 Å². The predicted octanol–water partition coefficient (Wildman–Crippen LogP) is 1.19. The van der Waals surface area contributed by atoms with Gasteiger partial charge in [-0.25, -0.2) is 4.79 Å². The number of hydrogen-bond donors (Lipinski definition) is 3. The van der Waals surface area contributed by atoms with Gasteiger partial charge in [-0.3, -0.25) is 0 Å². The van der Waals surface area contributed by atoms with Gasteiger partial charge in [-0.1, -0.05) is 0 Å². The molecule has 3 rings (SSSR count). The van der Waals surface area contributed by atoms with E-state index in [1.807, 2.05) is 29.1 Å². The summed E-state index contributed by atoms with van der Waals surface area (Å²) in [4.78, 5) is 12.0. The summed E-state index contributed by atoms with van der Waals surface area (Å²) in [5.41, 5.74) is 0. The van der Waals surface area contributed by atoms with Gasteiger partial charge in [-0.2, -0.15) is 0 Å². The van der Waals surface area contributed by atoms with Crippen LogP contribution in [0, 0.1) is 17.8 Å². The minimum absolute atomic E-state index is 0.104. The van der Waals surface area contributed by atoms with Gasteiger partial charge in [0, 0.05) is 44.0 Å². The molecular weight excluding hydrogens is 254 g/mol. The Hall–Kier alpha value is -1.49. The van der Waals surface area contributed by atoms with Gasteiger partial charge in [-0.15, -0.1) is 0 Å². The normalized spacial score (nSPS) is 31.4. The zero-order valence-electron chi connectivity index (χ0n) is 11.7. The molecule has 1 heterocycles. The van der Waals surface area contributed by atoms with Crippen LogP contribution in [-0.4, -0.2) is 34.9 Å². The van der Waals surface area contributed by atoms with E-state index in [0.29, 0.717) is 18.4 Å². The van der Waals surface area contributed by atoms with Gasteiger partial charge in [0.25, 0.3) is 0 Å². The molecule has 2 aliphatic rings. The van der Waals surface area contributed by atoms with Crippen molar-refractivity contribution in [1.29, 1.82) is 0 Å². The third-order valence-electron chi connectivity index (χ3n) is 4.92. The molecule has 2 bridgehead atoms. The standard InChI is InChI=1S/C15H23N3O2/c19-10-13-11-3-4-12(9-11)14(13)17-15(20)16-5-8-18-6-1-2-7-18/h1-2,6-7,11-14,19H,3-5,8-10H2,(H2,16,17,20). The van der Waals surface area contributed by atoms with Crippen molar-refractivity contribution in [3.8, 4) is 0 Å². The number of nitrogens with zero attached hydrogens (tertiary/aromatic N) is 1. The smallest absolute Gasteiger partial charge is 0.315 e. The second kappa shape index (κ2) is 5.87. The second-order valence-electron chi connectivity index (χ2n) is 6.03. The van der Waals surface area contributed by atoms with Crippen molar-refractivity contribution < 1.29 is 9.90 Å². The molecule has 3 N–H and O–H groups in total. The maximum atomic E-state index is 12.0. The molecule has 20 heavy (non-hydrogen) atoms. The fraction of sp³-hybridized carbons (Fsp3) is 0.667. The lowest BCUT2D eigenvalue weighted by Crippen LogP contribution is -2.49. The summed E-state index contributed by atoms with van der Waals surface area (Å²) in [5.74, 6) is 1.42. The number of carbonyl (C=O) groups excluding carboxylic acids is 1. The number of fused-ring (bicyclic) bond motifs is 2. The van der Waals surface area contributed by atoms with Gasteiger partial charge < -0.3 is 20.3 Å². The van der Waals surface area contributed by atoms with Gasteiger partial charge in [0.1, 0.15) is 0 Å². The van der Waals surface area contributed by atoms with Gasteiger partial charge in [0.05, 0.1) is 0 Å². The number of hydrogen-bond acceptors (Lipinski definition) is 2. The van der Waals surface area contributed by atoms with E-state index in [9.17, 15) is 9.90 Å². The van der Waals surface area contributed by atoms with Crippen molar-refractivity contribution in [1.82, 2.24) is 15.2 Å². The number of nitrogens with one attached hydrogen (secondary N) is 2. The maximum Gasteiger partial charge on any atom is 0.315 e. The largest absolute Gasteiger partial charge is 0.396 e. The summed E-state index contributed by atoms with van der Waals surface area (Å²) < 4.78 is 2.04. The Labute approximate surface area is 119 Å². The van der Waals surface area contributed by atoms with Crippen molar-refractivity contribution >= 4 is 6.03 Å². The van der Waals surface area contributed by atoms with Crippen LogP contribution in [0.3, 0.4) is 0 Å². The lowest BCUT2D eigenvalue weighted by atomic mass is 9.85. The molecule has 4 unspecified atom stereocenters. The summed E-state index contributed by atoms with van der Waals surface area (Å²) in [6, 6.07) is 4.00. The minimum atomic E-state index is -0.104. The number of amides is 2. The Morgan fingerprint density at radius 3 is 2.75 bits per heavy atom. The molecule has 4 atom stereocenters. The molecule has 0 saturated heterocycles. The van der Waals surface area contributed by atoms with Crippen LogP contribution in [0.5, 0.6) is 0 Å². The van der Waals surface area contributed by atoms with Crippen LogP contribution in [0.15, 0.2) is 24.5 Å². The molecule has 5 heteroatoms. The molecule has 1 aromatic rings. The molecule has 5 nitrogen and oxygen atoms in total. The highest BCUT2D eigenvalue weighted by Crippen LogP contribution is 2.48. The summed E-state index contributed by atoms with van der Waals surface area (Å²) in [6.45, 7) is 1.58. The van der Waals surface area contributed by atoms with Crippen molar-refractivity contribution in [2.45, 2.75) is 31.8 Å². The third-order valence-corrected chi connectivity index (χ3v) is 4.92. The number of urea groups is 1. The Morgan fingerprint density at radius 1 is 1.25 bits per heavy atom. The molecule has 2 saturated carbocycles. The summed E-state index contributed by atoms with van der Waals surface area (Å²) >= 11 is 0. The maximum absolute atomic E-state index is 12.0. The Kier molecular flexibility index (Phi) is 3.96. The van der Waals surface area contributed by atoms with E-state index in [-0.39, 0.29) is 24.6 Å². The lowest BCUT2D eigenvalue weighted by Gasteiger charge is -2.30. The van der Waals surface area contributed by atoms with Crippen LogP contribution < -0.4 is 10.6 Å². The van der Waals surface area contributed by atoms with E-state index in [1.54, 1.807) is 0 Å². The molecular formula is C15H23N3O2. The third kappa shape index (κ3) is 2.68. The van der Waals surface area contributed by atoms with E-state index < -0.39 is 0 Å². The zero-order valence-corrected chi connectivity index (χ0v) is 11.7. The average molecular weight is 277 g/mol. The first-order valence-electron chi connectivity index (χ1n) is 7.54. The fourth-order valence-corrected chi connectivity index (χ4v) is 3.92. The predicted molar refractivity (Wildman–Crippen MR) is 76.2 cm³/mol. The van der Waals surface area contributed by atoms with Crippen molar-refractivity contribution in [3.05, 3.63) is 24.5 Å². The molecule has 2 fully saturated rings. The minimum Gasteiger partial charge on any atom is -0.396 e. The van der Waals surface area contributed by atoms with E-state index >= 15 is 0 Å². The van der Waals surface area contributed by atoms with Crippen molar-refractivity contribution in [3.63, 3.8) is 0 Å². The number of aromatic nitrogens is 1. The first-order valence-corrected chi connectivity index (χ1v) is 7.54. The zero-order chi connectivity index (χ0) is 13.9. The first kappa shape index (κ1) is 13.5. The molecule has 2 aliphatic carbocycles. The van der Waals surface area contributed by atoms with E-state index in [0.717, 1.165) is 6.54 Å². The van der Waals surface area contributed by atoms with Crippen LogP contribution in [0.4, 0.5) is 4.79 Å². The van der Waals surface area contributed by atoms with Gasteiger partial charge >= 0.3 is 6.03 Å². The molecule has 2 amide bonds. The molecule has 0 aromatic carbocycles. The van der Waals surface area contributed by atoms with Crippen molar-refractivity contribution in [2.75, 3.05) is 13.2 Å². The Balaban J connectivity index is 1.44. The molecule has 0 radical (unpaired) electrons. The van der Waals surface area contributed by atoms with E-state index in [1.165, 1.54) is 19.3 Å². The topological polar surface area (TPSA) is 66.3 Å². The number of aliphatic hydroxyl groups excluding tert-OH is 1. The summed E-state index contributed by atoms with van der Waals surface area (Å²) in [7, 11) is 0. The lowest BCUT2D eigenvalue weighted by molar-refractivity contribution is 0.144. The van der Waals surface area contributed by atoms with Gasteiger partial charge in [0.15, 0.2) is 0 Å². The van der Waals surface area contributed by atoms with Crippen LogP contribution in [0.1, 0.15) is 19.3 Å². The number of carbonyl (C=O) groups is 1. The molecule has 0 aliphatic heterocycles. The van der Waals surface area contributed by atoms with Crippen molar-refractivity contribution in [2.24, 2.45) is 17.8 Å². The summed E-state index contributed by atoms with van der Waals surface area (Å²) in [5, 5.41) is 15.5. The van der Waals surface area contributed by atoms with Crippen LogP contribution in [0.25, 0.3) is 0 Å². The highest BCUT2D eigenvalue weighted by molar-refractivity contribution is 5.74. The highest BCUT2D eigenvalue weighted by atomic mass is 16.3. The average Bonchev–Trinajstić information content (AvgIpc) is 3.15. The highest BCUT2D eigenvalue weighted by Gasteiger charge is 2.47. The van der Waals surface area contributed by atoms with Gasteiger partial charge in [0.2, 0.25) is 0 Å². The Morgan fingerprint density at radius 2 is 2.00 bits per heavy atom. The van der Waals surface area contributed by atoms with Crippen LogP contribution in [0.2, 0.25) is 0 Å². The summed E-state index contributed by atoms with van der Waals surface area (Å²) in [6.07, 6.45) is 7.53. The molecule has 1 aromatic heterocycles. The van der Waals surface area contributed by atoms with Crippen LogP contribution >= 0.6 is 0 Å². The van der Waals surface area contributed by atoms with Crippen LogP contribution in [-0.2, 0) is 6.54 Å². The monoisotopic (exact) mass is 277 g/mol. The number of rotatable bonds is 5.